The van der Waals surface area contributed by atoms with Crippen molar-refractivity contribution in [1.82, 2.24) is 10.2 Å². The van der Waals surface area contributed by atoms with Crippen LogP contribution in [0.15, 0.2) is 0 Å². The number of piperidine rings is 1. The number of methoxy groups -OCH3 is 1. The molecule has 2 amide bonds. The van der Waals surface area contributed by atoms with Gasteiger partial charge in [-0.25, -0.2) is 9.59 Å². The van der Waals surface area contributed by atoms with Gasteiger partial charge in [0.1, 0.15) is 6.04 Å². The summed E-state index contributed by atoms with van der Waals surface area (Å²) in [6.45, 7) is 5.31. The summed E-state index contributed by atoms with van der Waals surface area (Å²) in [6, 6.07) is -0.949. The number of hydrogen-bond acceptors (Lipinski definition) is 3. The lowest BCUT2D eigenvalue weighted by Gasteiger charge is -2.37. The Morgan fingerprint density at radius 2 is 2.10 bits per heavy atom. The number of nitrogens with zero attached hydrogens (tertiary/aromatic N) is 1. The van der Waals surface area contributed by atoms with E-state index in [1.165, 1.54) is 0 Å². The minimum Gasteiger partial charge on any atom is -0.480 e. The third-order valence-corrected chi connectivity index (χ3v) is 3.82. The summed E-state index contributed by atoms with van der Waals surface area (Å²) < 4.78 is 4.91. The fourth-order valence-electron chi connectivity index (χ4n) is 2.49. The van der Waals surface area contributed by atoms with E-state index in [1.54, 1.807) is 12.0 Å². The van der Waals surface area contributed by atoms with Gasteiger partial charge in [0.15, 0.2) is 0 Å². The Bertz CT molecular complexity index is 335. The molecule has 3 atom stereocenters. The molecule has 0 saturated carbocycles. The first kappa shape index (κ1) is 16.8. The van der Waals surface area contributed by atoms with Gasteiger partial charge in [-0.05, 0) is 38.5 Å². The van der Waals surface area contributed by atoms with Crippen LogP contribution < -0.4 is 5.32 Å². The topological polar surface area (TPSA) is 78.9 Å². The van der Waals surface area contributed by atoms with Gasteiger partial charge in [0, 0.05) is 26.3 Å². The summed E-state index contributed by atoms with van der Waals surface area (Å²) >= 11 is 0. The minimum atomic E-state index is -0.993. The van der Waals surface area contributed by atoms with E-state index >= 15 is 0 Å². The van der Waals surface area contributed by atoms with Crippen molar-refractivity contribution in [1.29, 1.82) is 0 Å². The van der Waals surface area contributed by atoms with E-state index in [1.807, 2.05) is 6.92 Å². The first-order valence-electron chi connectivity index (χ1n) is 7.24. The molecule has 2 N–H and O–H groups in total. The Hall–Kier alpha value is -1.30. The van der Waals surface area contributed by atoms with Crippen molar-refractivity contribution in [3.63, 3.8) is 0 Å². The van der Waals surface area contributed by atoms with Gasteiger partial charge in [0.05, 0.1) is 0 Å². The first-order chi connectivity index (χ1) is 9.45. The average molecular weight is 286 g/mol. The third-order valence-electron chi connectivity index (χ3n) is 3.82. The molecule has 1 aliphatic rings. The number of carbonyl (C=O) groups is 2. The molecule has 0 spiro atoms. The van der Waals surface area contributed by atoms with E-state index in [9.17, 15) is 9.59 Å². The molecule has 0 radical (unpaired) electrons. The summed E-state index contributed by atoms with van der Waals surface area (Å²) in [4.78, 5) is 25.2. The van der Waals surface area contributed by atoms with Crippen LogP contribution in [0, 0.1) is 5.92 Å². The smallest absolute Gasteiger partial charge is 0.326 e. The predicted octanol–water partition coefficient (Wildman–Crippen LogP) is 1.70. The second-order valence-corrected chi connectivity index (χ2v) is 5.66. The molecular weight excluding hydrogens is 260 g/mol. The fourth-order valence-corrected chi connectivity index (χ4v) is 2.49. The molecule has 1 fully saturated rings. The number of carboxylic acid groups (broad SMARTS) is 1. The van der Waals surface area contributed by atoms with Crippen LogP contribution >= 0.6 is 0 Å². The van der Waals surface area contributed by atoms with Crippen molar-refractivity contribution in [2.45, 2.75) is 51.6 Å². The van der Waals surface area contributed by atoms with Crippen molar-refractivity contribution in [2.24, 2.45) is 5.92 Å². The summed E-state index contributed by atoms with van der Waals surface area (Å²) in [6.07, 6.45) is 3.07. The summed E-state index contributed by atoms with van der Waals surface area (Å²) in [5, 5.41) is 11.8. The number of aliphatic carboxylic acids is 1. The molecule has 6 nitrogen and oxygen atoms in total. The molecule has 1 aliphatic heterocycles. The highest BCUT2D eigenvalue weighted by Crippen LogP contribution is 2.21. The highest BCUT2D eigenvalue weighted by Gasteiger charge is 2.29. The lowest BCUT2D eigenvalue weighted by Crippen LogP contribution is -2.53. The number of hydrogen-bond donors (Lipinski definition) is 2. The lowest BCUT2D eigenvalue weighted by molar-refractivity contribution is -0.139. The van der Waals surface area contributed by atoms with E-state index in [-0.39, 0.29) is 12.1 Å². The van der Waals surface area contributed by atoms with Gasteiger partial charge in [-0.3, -0.25) is 0 Å². The second-order valence-electron chi connectivity index (χ2n) is 5.66. The standard InChI is InChI=1S/C14H26N2O4/c1-10-6-7-11(2)16(9-10)14(19)15-12(13(17)18)5-4-8-20-3/h10-12H,4-9H2,1-3H3,(H,15,19)(H,17,18). The first-order valence-corrected chi connectivity index (χ1v) is 7.24. The molecule has 0 aromatic carbocycles. The second kappa shape index (κ2) is 8.09. The van der Waals surface area contributed by atoms with Crippen molar-refractivity contribution in [3.05, 3.63) is 0 Å². The monoisotopic (exact) mass is 286 g/mol. The maximum absolute atomic E-state index is 12.2. The Morgan fingerprint density at radius 1 is 1.40 bits per heavy atom. The van der Waals surface area contributed by atoms with E-state index in [2.05, 4.69) is 12.2 Å². The van der Waals surface area contributed by atoms with Crippen LogP contribution in [0.4, 0.5) is 4.79 Å². The average Bonchev–Trinajstić information content (AvgIpc) is 2.40. The molecule has 1 saturated heterocycles. The van der Waals surface area contributed by atoms with Gasteiger partial charge in [-0.1, -0.05) is 6.92 Å². The number of ether oxygens (including phenoxy) is 1. The zero-order chi connectivity index (χ0) is 15.1. The van der Waals surface area contributed by atoms with Crippen LogP contribution in [-0.4, -0.2) is 54.4 Å². The highest BCUT2D eigenvalue weighted by molar-refractivity contribution is 5.82. The van der Waals surface area contributed by atoms with Gasteiger partial charge < -0.3 is 20.1 Å². The number of likely N-dealkylation sites (tertiary alicyclic amines) is 1. The van der Waals surface area contributed by atoms with Crippen molar-refractivity contribution in [2.75, 3.05) is 20.3 Å². The number of carboxylic acids is 1. The summed E-state index contributed by atoms with van der Waals surface area (Å²) in [7, 11) is 1.57. The maximum atomic E-state index is 12.2. The van der Waals surface area contributed by atoms with Crippen LogP contribution in [0.2, 0.25) is 0 Å². The van der Waals surface area contributed by atoms with Gasteiger partial charge in [-0.2, -0.15) is 0 Å². The van der Waals surface area contributed by atoms with E-state index in [0.717, 1.165) is 12.8 Å². The molecule has 0 bridgehead atoms. The predicted molar refractivity (Wildman–Crippen MR) is 75.6 cm³/mol. The normalized spacial score (nSPS) is 24.2. The fraction of sp³-hybridized carbons (Fsp3) is 0.857. The summed E-state index contributed by atoms with van der Waals surface area (Å²) in [5.41, 5.74) is 0. The molecule has 1 heterocycles. The molecule has 0 aromatic rings. The number of rotatable bonds is 6. The molecule has 6 heteroatoms. The molecule has 0 aliphatic carbocycles. The van der Waals surface area contributed by atoms with Gasteiger partial charge in [0.2, 0.25) is 0 Å². The summed E-state index contributed by atoms with van der Waals surface area (Å²) in [5.74, 6) is -0.527. The molecule has 3 unspecified atom stereocenters. The van der Waals surface area contributed by atoms with Crippen molar-refractivity contribution in [3.8, 4) is 0 Å². The Labute approximate surface area is 120 Å². The van der Waals surface area contributed by atoms with Gasteiger partial charge in [-0.15, -0.1) is 0 Å². The molecule has 20 heavy (non-hydrogen) atoms. The Kier molecular flexibility index (Phi) is 6.78. The minimum absolute atomic E-state index is 0.166. The van der Waals surface area contributed by atoms with Crippen LogP contribution in [0.3, 0.4) is 0 Å². The van der Waals surface area contributed by atoms with Crippen LogP contribution in [0.5, 0.6) is 0 Å². The van der Waals surface area contributed by atoms with Crippen LogP contribution in [0.1, 0.15) is 39.5 Å². The number of urea groups is 1. The zero-order valence-electron chi connectivity index (χ0n) is 12.6. The highest BCUT2D eigenvalue weighted by atomic mass is 16.5. The van der Waals surface area contributed by atoms with Crippen LogP contribution in [0.25, 0.3) is 0 Å². The SMILES string of the molecule is COCCCC(NC(=O)N1CC(C)CCC1C)C(=O)O. The number of nitrogens with one attached hydrogen (secondary N) is 1. The van der Waals surface area contributed by atoms with Gasteiger partial charge in [0.25, 0.3) is 0 Å². The van der Waals surface area contributed by atoms with Crippen molar-refractivity contribution >= 4 is 12.0 Å². The number of amides is 2. The Balaban J connectivity index is 2.53. The zero-order valence-corrected chi connectivity index (χ0v) is 12.6. The van der Waals surface area contributed by atoms with Crippen LogP contribution in [-0.2, 0) is 9.53 Å². The van der Waals surface area contributed by atoms with Gasteiger partial charge >= 0.3 is 12.0 Å². The number of carbonyl (C=O) groups excluding carboxylic acids is 1. The maximum Gasteiger partial charge on any atom is 0.326 e. The molecule has 1 rings (SSSR count). The van der Waals surface area contributed by atoms with E-state index in [4.69, 9.17) is 9.84 Å². The Morgan fingerprint density at radius 3 is 2.70 bits per heavy atom. The molecular formula is C14H26N2O4. The lowest BCUT2D eigenvalue weighted by atomic mass is 9.95. The van der Waals surface area contributed by atoms with Crippen molar-refractivity contribution < 1.29 is 19.4 Å². The quantitative estimate of drug-likeness (QED) is 0.728. The van der Waals surface area contributed by atoms with E-state index in [0.29, 0.717) is 31.9 Å². The third kappa shape index (κ3) is 5.00. The molecule has 0 aromatic heterocycles. The molecule has 116 valence electrons. The largest absolute Gasteiger partial charge is 0.480 e. The van der Waals surface area contributed by atoms with E-state index < -0.39 is 12.0 Å².